The molecule has 0 saturated heterocycles. The molecule has 352 valence electrons. The highest BCUT2D eigenvalue weighted by Crippen LogP contribution is 2.45. The number of nitrogens with zero attached hydrogens (tertiary/aromatic N) is 5. The smallest absolute Gasteiger partial charge is 0.186 e. The van der Waals surface area contributed by atoms with E-state index in [1.807, 2.05) is 12.4 Å². The van der Waals surface area contributed by atoms with Crippen molar-refractivity contribution in [2.75, 3.05) is 4.90 Å². The molecule has 0 unspecified atom stereocenters. The second kappa shape index (κ2) is 17.1. The van der Waals surface area contributed by atoms with Gasteiger partial charge in [0.05, 0.1) is 22.2 Å². The van der Waals surface area contributed by atoms with Crippen molar-refractivity contribution in [3.63, 3.8) is 0 Å². The zero-order valence-corrected chi connectivity index (χ0v) is 42.9. The summed E-state index contributed by atoms with van der Waals surface area (Å²) in [5, 5.41) is 16.3. The maximum absolute atomic E-state index is 5.58. The van der Waals surface area contributed by atoms with Crippen molar-refractivity contribution in [2.24, 2.45) is 0 Å². The van der Waals surface area contributed by atoms with Crippen molar-refractivity contribution >= 4 is 124 Å². The van der Waals surface area contributed by atoms with Crippen LogP contribution in [0.25, 0.3) is 54.8 Å². The first kappa shape index (κ1) is 43.2. The van der Waals surface area contributed by atoms with E-state index in [4.69, 9.17) is 9.97 Å². The molecule has 1 aliphatic rings. The van der Waals surface area contributed by atoms with Gasteiger partial charge >= 0.3 is 0 Å². The highest BCUT2D eigenvalue weighted by atomic mass is 28.3. The van der Waals surface area contributed by atoms with Gasteiger partial charge in [-0.3, -0.25) is 9.30 Å². The van der Waals surface area contributed by atoms with E-state index in [9.17, 15) is 0 Å². The largest absolute Gasteiger partial charge is 0.309 e. The van der Waals surface area contributed by atoms with Gasteiger partial charge in [-0.05, 0) is 95.4 Å². The van der Waals surface area contributed by atoms with Crippen LogP contribution in [-0.2, 0) is 0 Å². The molecule has 0 bridgehead atoms. The Morgan fingerprint density at radius 1 is 0.360 bits per heavy atom. The number of rotatable bonds is 8. The molecule has 4 aromatic heterocycles. The van der Waals surface area contributed by atoms with E-state index < -0.39 is 16.1 Å². The quantitative estimate of drug-likeness (QED) is 0.0865. The van der Waals surface area contributed by atoms with Gasteiger partial charge in [0, 0.05) is 51.5 Å². The number of para-hydroxylation sites is 3. The highest BCUT2D eigenvalue weighted by Gasteiger charge is 2.51. The molecule has 0 atom stereocenters. The summed E-state index contributed by atoms with van der Waals surface area (Å²) in [6, 6.07) is 99.7. The van der Waals surface area contributed by atoms with E-state index in [0.717, 1.165) is 44.8 Å². The van der Waals surface area contributed by atoms with Gasteiger partial charge in [-0.15, -0.1) is 0 Å². The molecule has 0 N–H and O–H groups in total. The first-order valence-corrected chi connectivity index (χ1v) is 29.7. The molecular formula is C68H47N5Si2. The van der Waals surface area contributed by atoms with Gasteiger partial charge in [0.2, 0.25) is 0 Å². The van der Waals surface area contributed by atoms with Crippen LogP contribution < -0.4 is 46.4 Å². The minimum Gasteiger partial charge on any atom is -0.309 e. The van der Waals surface area contributed by atoms with Gasteiger partial charge in [-0.1, -0.05) is 218 Å². The molecule has 0 saturated carbocycles. The summed E-state index contributed by atoms with van der Waals surface area (Å²) in [6.07, 6.45) is 6.02. The van der Waals surface area contributed by atoms with Gasteiger partial charge in [-0.2, -0.15) is 0 Å². The van der Waals surface area contributed by atoms with E-state index in [1.54, 1.807) is 0 Å². The lowest BCUT2D eigenvalue weighted by Gasteiger charge is -2.44. The molecule has 0 aliphatic carbocycles. The Labute approximate surface area is 436 Å². The lowest BCUT2D eigenvalue weighted by Crippen LogP contribution is -2.77. The van der Waals surface area contributed by atoms with Crippen LogP contribution in [0.5, 0.6) is 0 Å². The second-order valence-electron chi connectivity index (χ2n) is 19.7. The van der Waals surface area contributed by atoms with Crippen LogP contribution in [0.1, 0.15) is 0 Å². The molecule has 5 nitrogen and oxygen atoms in total. The highest BCUT2D eigenvalue weighted by molar-refractivity contribution is 7.22. The molecule has 5 heterocycles. The third-order valence-corrected chi connectivity index (χ3v) is 25.6. The van der Waals surface area contributed by atoms with E-state index in [2.05, 4.69) is 287 Å². The summed E-state index contributed by atoms with van der Waals surface area (Å²) in [7, 11) is -6.29. The molecule has 0 fully saturated rings. The maximum Gasteiger partial charge on any atom is 0.186 e. The van der Waals surface area contributed by atoms with Crippen LogP contribution in [0.4, 0.5) is 17.2 Å². The van der Waals surface area contributed by atoms with Crippen molar-refractivity contribution in [2.45, 2.75) is 0 Å². The van der Waals surface area contributed by atoms with E-state index in [1.165, 1.54) is 68.7 Å². The molecule has 1 aliphatic heterocycles. The van der Waals surface area contributed by atoms with Crippen LogP contribution in [-0.4, -0.2) is 35.1 Å². The normalized spacial score (nSPS) is 13.1. The molecule has 14 aromatic rings. The first-order chi connectivity index (χ1) is 37.2. The fraction of sp³-hybridized carbons (Fsp3) is 0. The van der Waals surface area contributed by atoms with Crippen LogP contribution in [0.3, 0.4) is 0 Å². The van der Waals surface area contributed by atoms with Crippen molar-refractivity contribution < 1.29 is 0 Å². The monoisotopic (exact) mass is 989 g/mol. The minimum absolute atomic E-state index is 0.955. The molecule has 15 rings (SSSR count). The number of benzene rings is 10. The average Bonchev–Trinajstić information content (AvgIpc) is 4.13. The zero-order valence-electron chi connectivity index (χ0n) is 40.9. The third-order valence-electron chi connectivity index (χ3n) is 16.0. The van der Waals surface area contributed by atoms with Gasteiger partial charge in [-0.25, -0.2) is 9.97 Å². The topological polar surface area (TPSA) is 38.4 Å². The minimum atomic E-state index is -3.18. The Morgan fingerprint density at radius 2 is 0.947 bits per heavy atom. The van der Waals surface area contributed by atoms with Crippen molar-refractivity contribution in [3.05, 3.63) is 286 Å². The molecule has 0 amide bonds. The lowest BCUT2D eigenvalue weighted by atomic mass is 10.1. The first-order valence-electron chi connectivity index (χ1n) is 25.7. The van der Waals surface area contributed by atoms with Gasteiger partial charge in [0.15, 0.2) is 16.1 Å². The Balaban J connectivity index is 1.08. The lowest BCUT2D eigenvalue weighted by molar-refractivity contribution is 1.17. The predicted molar refractivity (Wildman–Crippen MR) is 318 cm³/mol. The fourth-order valence-electron chi connectivity index (χ4n) is 13.0. The summed E-state index contributed by atoms with van der Waals surface area (Å²) in [5.41, 5.74) is 7.78. The van der Waals surface area contributed by atoms with Crippen molar-refractivity contribution in [3.8, 4) is 5.69 Å². The summed E-state index contributed by atoms with van der Waals surface area (Å²) in [5.74, 6) is 0.955. The number of fused-ring (bicyclic) bond motifs is 12. The van der Waals surface area contributed by atoms with E-state index >= 15 is 0 Å². The molecular weight excluding hydrogens is 943 g/mol. The Bertz CT molecular complexity index is 4400. The number of hydrogen-bond acceptors (Lipinski definition) is 3. The summed E-state index contributed by atoms with van der Waals surface area (Å²) >= 11 is 0. The molecule has 7 heteroatoms. The second-order valence-corrected chi connectivity index (χ2v) is 27.2. The summed E-state index contributed by atoms with van der Waals surface area (Å²) in [4.78, 5) is 13.2. The maximum atomic E-state index is 5.58. The zero-order chi connectivity index (χ0) is 49.5. The molecule has 0 spiro atoms. The van der Waals surface area contributed by atoms with Crippen LogP contribution in [0.15, 0.2) is 286 Å². The fourth-order valence-corrected chi connectivity index (χ4v) is 22.9. The Kier molecular flexibility index (Phi) is 9.85. The molecule has 75 heavy (non-hydrogen) atoms. The number of aromatic nitrogens is 4. The third kappa shape index (κ3) is 6.23. The van der Waals surface area contributed by atoms with Gasteiger partial charge in [0.25, 0.3) is 0 Å². The number of imidazole rings is 1. The van der Waals surface area contributed by atoms with Crippen molar-refractivity contribution in [1.29, 1.82) is 0 Å². The predicted octanol–water partition coefficient (Wildman–Crippen LogP) is 10.7. The van der Waals surface area contributed by atoms with Gasteiger partial charge in [0.1, 0.15) is 11.5 Å². The van der Waals surface area contributed by atoms with Crippen LogP contribution in [0, 0.1) is 0 Å². The Morgan fingerprint density at radius 3 is 1.65 bits per heavy atom. The number of hydrogen-bond donors (Lipinski definition) is 0. The van der Waals surface area contributed by atoms with E-state index in [-0.39, 0.29) is 0 Å². The van der Waals surface area contributed by atoms with Crippen LogP contribution >= 0.6 is 0 Å². The summed E-state index contributed by atoms with van der Waals surface area (Å²) in [6.45, 7) is 0. The number of anilines is 3. The standard InChI is InChI=1S/C68H47N5Si2/c1-6-22-48(23-7-1)72-61-37-19-17-35-58(61)65-62(72)41-42-63-66(65)73(68-64(38-21-43-69-68)75(63,52-29-12-4-13-30-52)53-31-14-5-15-32-53)49-24-20-33-54(46-49)74(50-25-8-2-9-26-50,51-27-10-3-11-28-51)55-39-40-56-57-34-16-18-36-60(57)71-45-44-70-67(71)59(56)47-55/h1-47H. The SMILES string of the molecule is c1ccc(-n2c3ccccc3c3c4c(ccc32)[Si](c2ccccc2)(c2ccccc2)c2cccnc2N4c2cccc([Si](c3ccccc3)(c3ccccc3)c3ccc4c5ccccc5n5ccnc5c4c3)c2)cc1. The van der Waals surface area contributed by atoms with Crippen molar-refractivity contribution in [1.82, 2.24) is 18.9 Å². The molecule has 0 radical (unpaired) electrons. The molecule has 10 aromatic carbocycles. The summed E-state index contributed by atoms with van der Waals surface area (Å²) < 4.78 is 4.70. The van der Waals surface area contributed by atoms with Gasteiger partial charge < -0.3 is 4.57 Å². The van der Waals surface area contributed by atoms with E-state index in [0.29, 0.717) is 0 Å². The average molecular weight is 990 g/mol. The Hall–Kier alpha value is -9.41. The number of pyridine rings is 2. The van der Waals surface area contributed by atoms with Crippen LogP contribution in [0.2, 0.25) is 0 Å².